The molecule has 2 heterocycles. The van der Waals surface area contributed by atoms with Gasteiger partial charge in [0.1, 0.15) is 6.04 Å². The molecule has 0 radical (unpaired) electrons. The van der Waals surface area contributed by atoms with E-state index in [0.29, 0.717) is 6.42 Å². The first-order valence-electron chi connectivity index (χ1n) is 7.81. The van der Waals surface area contributed by atoms with Crippen molar-refractivity contribution < 1.29 is 9.90 Å². The molecule has 1 fully saturated rings. The van der Waals surface area contributed by atoms with E-state index < -0.39 is 12.0 Å². The first-order chi connectivity index (χ1) is 11.2. The molecule has 1 aliphatic rings. The molecular formula is C18H19BrN2O2. The zero-order chi connectivity index (χ0) is 16.2. The van der Waals surface area contributed by atoms with Gasteiger partial charge < -0.3 is 5.11 Å². The van der Waals surface area contributed by atoms with Crippen LogP contribution in [0, 0.1) is 0 Å². The highest BCUT2D eigenvalue weighted by Gasteiger charge is 2.35. The van der Waals surface area contributed by atoms with Crippen molar-refractivity contribution in [1.82, 2.24) is 9.88 Å². The zero-order valence-electron chi connectivity index (χ0n) is 12.7. The van der Waals surface area contributed by atoms with E-state index in [1.54, 1.807) is 6.20 Å². The molecule has 2 unspecified atom stereocenters. The Kier molecular flexibility index (Phi) is 5.08. The van der Waals surface area contributed by atoms with Gasteiger partial charge in [0.2, 0.25) is 0 Å². The highest BCUT2D eigenvalue weighted by Crippen LogP contribution is 2.34. The summed E-state index contributed by atoms with van der Waals surface area (Å²) in [7, 11) is 0. The van der Waals surface area contributed by atoms with E-state index in [0.717, 1.165) is 35.0 Å². The second-order valence-corrected chi connectivity index (χ2v) is 6.74. The number of aliphatic carboxylic acids is 1. The van der Waals surface area contributed by atoms with Crippen LogP contribution in [0.15, 0.2) is 53.3 Å². The van der Waals surface area contributed by atoms with E-state index in [1.807, 2.05) is 30.5 Å². The minimum atomic E-state index is -0.740. The summed E-state index contributed by atoms with van der Waals surface area (Å²) in [6.45, 7) is 0.784. The Labute approximate surface area is 144 Å². The third kappa shape index (κ3) is 3.62. The molecule has 1 N–H and O–H groups in total. The van der Waals surface area contributed by atoms with Gasteiger partial charge in [0.05, 0.1) is 6.04 Å². The number of carboxylic acid groups (broad SMARTS) is 1. The van der Waals surface area contributed by atoms with Crippen molar-refractivity contribution in [2.75, 3.05) is 6.54 Å². The molecule has 120 valence electrons. The number of carbonyl (C=O) groups is 1. The molecule has 23 heavy (non-hydrogen) atoms. The van der Waals surface area contributed by atoms with Gasteiger partial charge in [-0.2, -0.15) is 0 Å². The van der Waals surface area contributed by atoms with Gasteiger partial charge in [-0.3, -0.25) is 14.7 Å². The summed E-state index contributed by atoms with van der Waals surface area (Å²) < 4.78 is 1.01. The Morgan fingerprint density at radius 1 is 1.22 bits per heavy atom. The predicted molar refractivity (Wildman–Crippen MR) is 92.2 cm³/mol. The van der Waals surface area contributed by atoms with Crippen molar-refractivity contribution >= 4 is 21.9 Å². The van der Waals surface area contributed by atoms with Crippen molar-refractivity contribution in [3.05, 3.63) is 64.4 Å². The van der Waals surface area contributed by atoms with Gasteiger partial charge in [-0.05, 0) is 48.7 Å². The summed E-state index contributed by atoms with van der Waals surface area (Å²) in [5.41, 5.74) is 2.12. The maximum Gasteiger partial charge on any atom is 0.320 e. The monoisotopic (exact) mass is 374 g/mol. The number of rotatable bonds is 4. The van der Waals surface area contributed by atoms with Crippen LogP contribution >= 0.6 is 15.9 Å². The number of piperidine rings is 1. The van der Waals surface area contributed by atoms with Gasteiger partial charge in [-0.15, -0.1) is 0 Å². The van der Waals surface area contributed by atoms with Gasteiger partial charge in [-0.25, -0.2) is 0 Å². The number of pyridine rings is 1. The molecule has 1 saturated heterocycles. The van der Waals surface area contributed by atoms with Gasteiger partial charge in [0.15, 0.2) is 0 Å². The molecule has 1 aliphatic heterocycles. The van der Waals surface area contributed by atoms with Crippen LogP contribution in [0.25, 0.3) is 0 Å². The SMILES string of the molecule is O=C(O)C1CCCCN1C(c1ccc(Br)cc1)c1cccnc1. The molecule has 1 aromatic carbocycles. The number of halogens is 1. The molecule has 1 aromatic heterocycles. The number of hydrogen-bond acceptors (Lipinski definition) is 3. The maximum atomic E-state index is 11.7. The summed E-state index contributed by atoms with van der Waals surface area (Å²) in [6.07, 6.45) is 6.26. The van der Waals surface area contributed by atoms with Crippen molar-refractivity contribution in [2.24, 2.45) is 0 Å². The lowest BCUT2D eigenvalue weighted by molar-refractivity contribution is -0.145. The smallest absolute Gasteiger partial charge is 0.320 e. The predicted octanol–water partition coefficient (Wildman–Crippen LogP) is 3.87. The first-order valence-corrected chi connectivity index (χ1v) is 8.60. The Morgan fingerprint density at radius 3 is 2.65 bits per heavy atom. The van der Waals surface area contributed by atoms with E-state index >= 15 is 0 Å². The van der Waals surface area contributed by atoms with Crippen LogP contribution in [0.1, 0.15) is 36.4 Å². The molecule has 2 atom stereocenters. The summed E-state index contributed by atoms with van der Waals surface area (Å²) in [4.78, 5) is 18.1. The number of likely N-dealkylation sites (tertiary alicyclic amines) is 1. The van der Waals surface area contributed by atoms with E-state index in [4.69, 9.17) is 0 Å². The lowest BCUT2D eigenvalue weighted by Gasteiger charge is -2.39. The fraction of sp³-hybridized carbons (Fsp3) is 0.333. The number of benzene rings is 1. The molecule has 0 bridgehead atoms. The van der Waals surface area contributed by atoms with Crippen LogP contribution < -0.4 is 0 Å². The minimum Gasteiger partial charge on any atom is -0.480 e. The lowest BCUT2D eigenvalue weighted by atomic mass is 9.92. The number of nitrogens with zero attached hydrogens (tertiary/aromatic N) is 2. The van der Waals surface area contributed by atoms with Gasteiger partial charge in [-0.1, -0.05) is 40.5 Å². The van der Waals surface area contributed by atoms with Crippen LogP contribution in [-0.2, 0) is 4.79 Å². The van der Waals surface area contributed by atoms with Crippen LogP contribution in [0.3, 0.4) is 0 Å². The highest BCUT2D eigenvalue weighted by molar-refractivity contribution is 9.10. The quantitative estimate of drug-likeness (QED) is 0.882. The number of carboxylic acids is 1. The molecule has 0 saturated carbocycles. The van der Waals surface area contributed by atoms with Crippen molar-refractivity contribution in [3.63, 3.8) is 0 Å². The van der Waals surface area contributed by atoms with E-state index in [9.17, 15) is 9.90 Å². The largest absolute Gasteiger partial charge is 0.480 e. The van der Waals surface area contributed by atoms with Crippen LogP contribution in [0.4, 0.5) is 0 Å². The van der Waals surface area contributed by atoms with E-state index in [-0.39, 0.29) is 6.04 Å². The third-order valence-electron chi connectivity index (χ3n) is 4.35. The number of hydrogen-bond donors (Lipinski definition) is 1. The van der Waals surface area contributed by atoms with Gasteiger partial charge >= 0.3 is 5.97 Å². The van der Waals surface area contributed by atoms with Crippen molar-refractivity contribution in [1.29, 1.82) is 0 Å². The zero-order valence-corrected chi connectivity index (χ0v) is 14.3. The molecule has 5 heteroatoms. The van der Waals surface area contributed by atoms with E-state index in [1.165, 1.54) is 0 Å². The fourth-order valence-corrected chi connectivity index (χ4v) is 3.55. The molecular weight excluding hydrogens is 356 g/mol. The first kappa shape index (κ1) is 16.1. The summed E-state index contributed by atoms with van der Waals surface area (Å²) in [5.74, 6) is -0.740. The normalized spacial score (nSPS) is 20.1. The highest BCUT2D eigenvalue weighted by atomic mass is 79.9. The molecule has 0 amide bonds. The molecule has 0 spiro atoms. The van der Waals surface area contributed by atoms with Crippen molar-refractivity contribution in [2.45, 2.75) is 31.3 Å². The Balaban J connectivity index is 2.04. The Bertz CT molecular complexity index is 660. The average Bonchev–Trinajstić information content (AvgIpc) is 2.58. The summed E-state index contributed by atoms with van der Waals surface area (Å²) in [6, 6.07) is 11.5. The van der Waals surface area contributed by atoms with Gasteiger partial charge in [0, 0.05) is 16.9 Å². The lowest BCUT2D eigenvalue weighted by Crippen LogP contribution is -2.46. The third-order valence-corrected chi connectivity index (χ3v) is 4.88. The minimum absolute atomic E-state index is 0.0850. The second-order valence-electron chi connectivity index (χ2n) is 5.83. The van der Waals surface area contributed by atoms with Crippen LogP contribution in [-0.4, -0.2) is 33.5 Å². The van der Waals surface area contributed by atoms with Crippen LogP contribution in [0.2, 0.25) is 0 Å². The van der Waals surface area contributed by atoms with Crippen molar-refractivity contribution in [3.8, 4) is 0 Å². The summed E-state index contributed by atoms with van der Waals surface area (Å²) >= 11 is 3.46. The molecule has 3 rings (SSSR count). The Hall–Kier alpha value is -1.72. The molecule has 4 nitrogen and oxygen atoms in total. The van der Waals surface area contributed by atoms with Gasteiger partial charge in [0.25, 0.3) is 0 Å². The maximum absolute atomic E-state index is 11.7. The van der Waals surface area contributed by atoms with E-state index in [2.05, 4.69) is 37.9 Å². The summed E-state index contributed by atoms with van der Waals surface area (Å²) in [5, 5.41) is 9.63. The average molecular weight is 375 g/mol. The second kappa shape index (κ2) is 7.23. The molecule has 0 aliphatic carbocycles. The molecule has 2 aromatic rings. The topological polar surface area (TPSA) is 53.4 Å². The standard InChI is InChI=1S/C18H19BrN2O2/c19-15-8-6-13(7-9-15)17(14-4-3-10-20-12-14)21-11-2-1-5-16(21)18(22)23/h3-4,6-10,12,16-17H,1-2,5,11H2,(H,22,23). The number of aromatic nitrogens is 1. The fourth-order valence-electron chi connectivity index (χ4n) is 3.29. The Morgan fingerprint density at radius 2 is 2.00 bits per heavy atom. The van der Waals surface area contributed by atoms with Crippen LogP contribution in [0.5, 0.6) is 0 Å².